The zero-order valence-corrected chi connectivity index (χ0v) is 9.61. The van der Waals surface area contributed by atoms with Crippen molar-refractivity contribution in [3.63, 3.8) is 0 Å². The maximum absolute atomic E-state index is 10.7. The van der Waals surface area contributed by atoms with E-state index in [-0.39, 0.29) is 18.6 Å². The van der Waals surface area contributed by atoms with Gasteiger partial charge in [0.15, 0.2) is 6.04 Å². The number of rotatable bonds is 6. The van der Waals surface area contributed by atoms with E-state index in [4.69, 9.17) is 9.84 Å². The van der Waals surface area contributed by atoms with Crippen LogP contribution in [-0.4, -0.2) is 35.7 Å². The molecule has 1 amide bonds. The molecule has 0 bridgehead atoms. The van der Waals surface area contributed by atoms with Gasteiger partial charge in [0.05, 0.1) is 12.7 Å². The molecule has 0 rings (SSSR count). The summed E-state index contributed by atoms with van der Waals surface area (Å²) in [7, 11) is 0. The molecule has 2 unspecified atom stereocenters. The molecular weight excluding hydrogens is 198 g/mol. The van der Waals surface area contributed by atoms with Crippen LogP contribution in [0, 0.1) is 5.92 Å². The minimum Gasteiger partial charge on any atom is -0.480 e. The summed E-state index contributed by atoms with van der Waals surface area (Å²) in [6, 6.07) is -0.969. The van der Waals surface area contributed by atoms with Crippen LogP contribution in [0.4, 0.5) is 0 Å². The highest BCUT2D eigenvalue weighted by Gasteiger charge is 2.20. The van der Waals surface area contributed by atoms with Crippen LogP contribution in [0.2, 0.25) is 0 Å². The first kappa shape index (κ1) is 13.9. The molecule has 0 aliphatic carbocycles. The fraction of sp³-hybridized carbons (Fsp3) is 0.800. The number of hydrogen-bond donors (Lipinski definition) is 2. The zero-order chi connectivity index (χ0) is 12.0. The Hall–Kier alpha value is -1.10. The number of carbonyl (C=O) groups is 2. The van der Waals surface area contributed by atoms with Gasteiger partial charge in [0.25, 0.3) is 0 Å². The van der Waals surface area contributed by atoms with Gasteiger partial charge in [-0.15, -0.1) is 0 Å². The Kier molecular flexibility index (Phi) is 5.93. The average Bonchev–Trinajstić information content (AvgIpc) is 2.10. The Bertz CT molecular complexity index is 227. The molecule has 0 saturated heterocycles. The number of carbonyl (C=O) groups excluding carboxylic acids is 1. The van der Waals surface area contributed by atoms with Crippen molar-refractivity contribution in [3.8, 4) is 0 Å². The minimum atomic E-state index is -1.08. The summed E-state index contributed by atoms with van der Waals surface area (Å²) in [4.78, 5) is 21.4. The first-order valence-electron chi connectivity index (χ1n) is 4.96. The maximum atomic E-state index is 10.7. The van der Waals surface area contributed by atoms with Crippen molar-refractivity contribution in [2.45, 2.75) is 39.8 Å². The van der Waals surface area contributed by atoms with Crippen LogP contribution >= 0.6 is 0 Å². The highest BCUT2D eigenvalue weighted by atomic mass is 16.5. The van der Waals surface area contributed by atoms with Gasteiger partial charge in [-0.2, -0.15) is 0 Å². The molecule has 0 aliphatic rings. The standard InChI is InChI=1S/C10H19NO4/c1-6(2)7(3)15-5-9(10(13)14)11-8(4)12/h6-7,9H,5H2,1-4H3,(H,11,12)(H,13,14). The molecule has 0 aliphatic heterocycles. The van der Waals surface area contributed by atoms with Crippen LogP contribution in [0.15, 0.2) is 0 Å². The molecule has 0 spiro atoms. The Morgan fingerprint density at radius 1 is 1.33 bits per heavy atom. The number of carboxylic acids is 1. The van der Waals surface area contributed by atoms with Crippen LogP contribution in [0.1, 0.15) is 27.7 Å². The van der Waals surface area contributed by atoms with Crippen molar-refractivity contribution in [2.24, 2.45) is 5.92 Å². The number of amides is 1. The van der Waals surface area contributed by atoms with Crippen molar-refractivity contribution >= 4 is 11.9 Å². The van der Waals surface area contributed by atoms with E-state index in [1.807, 2.05) is 20.8 Å². The second-order valence-corrected chi connectivity index (χ2v) is 3.87. The third-order valence-corrected chi connectivity index (χ3v) is 2.14. The lowest BCUT2D eigenvalue weighted by Gasteiger charge is -2.20. The van der Waals surface area contributed by atoms with Crippen molar-refractivity contribution in [1.29, 1.82) is 0 Å². The predicted octanol–water partition coefficient (Wildman–Crippen LogP) is 0.637. The molecule has 0 radical (unpaired) electrons. The lowest BCUT2D eigenvalue weighted by Crippen LogP contribution is -2.43. The van der Waals surface area contributed by atoms with E-state index in [1.54, 1.807) is 0 Å². The van der Waals surface area contributed by atoms with Gasteiger partial charge in [-0.1, -0.05) is 13.8 Å². The van der Waals surface area contributed by atoms with Gasteiger partial charge in [0, 0.05) is 6.92 Å². The monoisotopic (exact) mass is 217 g/mol. The molecule has 88 valence electrons. The topological polar surface area (TPSA) is 75.6 Å². The lowest BCUT2D eigenvalue weighted by atomic mass is 10.1. The summed E-state index contributed by atoms with van der Waals surface area (Å²) >= 11 is 0. The molecule has 2 N–H and O–H groups in total. The second kappa shape index (κ2) is 6.40. The van der Waals surface area contributed by atoms with E-state index < -0.39 is 12.0 Å². The number of carboxylic acid groups (broad SMARTS) is 1. The first-order valence-corrected chi connectivity index (χ1v) is 4.96. The van der Waals surface area contributed by atoms with E-state index in [9.17, 15) is 9.59 Å². The van der Waals surface area contributed by atoms with E-state index >= 15 is 0 Å². The smallest absolute Gasteiger partial charge is 0.328 e. The van der Waals surface area contributed by atoms with Crippen molar-refractivity contribution in [2.75, 3.05) is 6.61 Å². The average molecular weight is 217 g/mol. The van der Waals surface area contributed by atoms with Crippen LogP contribution in [-0.2, 0) is 14.3 Å². The molecule has 2 atom stereocenters. The van der Waals surface area contributed by atoms with Crippen molar-refractivity contribution in [3.05, 3.63) is 0 Å². The minimum absolute atomic E-state index is 0.00569. The molecule has 15 heavy (non-hydrogen) atoms. The molecule has 0 aromatic rings. The van der Waals surface area contributed by atoms with Crippen LogP contribution < -0.4 is 5.32 Å². The van der Waals surface area contributed by atoms with Gasteiger partial charge in [-0.3, -0.25) is 4.79 Å². The Morgan fingerprint density at radius 3 is 2.20 bits per heavy atom. The zero-order valence-electron chi connectivity index (χ0n) is 9.61. The Balaban J connectivity index is 4.07. The molecule has 0 saturated carbocycles. The molecule has 5 nitrogen and oxygen atoms in total. The summed E-state index contributed by atoms with van der Waals surface area (Å²) in [6.07, 6.45) is -0.0272. The summed E-state index contributed by atoms with van der Waals surface area (Å²) in [5.74, 6) is -1.14. The van der Waals surface area contributed by atoms with Crippen molar-refractivity contribution < 1.29 is 19.4 Å². The quantitative estimate of drug-likeness (QED) is 0.684. The fourth-order valence-electron chi connectivity index (χ4n) is 0.861. The lowest BCUT2D eigenvalue weighted by molar-refractivity contribution is -0.144. The highest BCUT2D eigenvalue weighted by Crippen LogP contribution is 2.05. The van der Waals surface area contributed by atoms with Gasteiger partial charge in [-0.05, 0) is 12.8 Å². The Labute approximate surface area is 89.8 Å². The van der Waals surface area contributed by atoms with Crippen LogP contribution in [0.5, 0.6) is 0 Å². The summed E-state index contributed by atoms with van der Waals surface area (Å²) in [5.41, 5.74) is 0. The van der Waals surface area contributed by atoms with Gasteiger partial charge in [0.2, 0.25) is 5.91 Å². The normalized spacial score (nSPS) is 14.7. The number of ether oxygens (including phenoxy) is 1. The Morgan fingerprint density at radius 2 is 1.87 bits per heavy atom. The van der Waals surface area contributed by atoms with Gasteiger partial charge < -0.3 is 15.2 Å². The number of nitrogens with one attached hydrogen (secondary N) is 1. The molecule has 0 fully saturated rings. The third kappa shape index (κ3) is 6.06. The second-order valence-electron chi connectivity index (χ2n) is 3.87. The van der Waals surface area contributed by atoms with Gasteiger partial charge in [0.1, 0.15) is 0 Å². The largest absolute Gasteiger partial charge is 0.480 e. The summed E-state index contributed by atoms with van der Waals surface area (Å²) in [5, 5.41) is 11.1. The summed E-state index contributed by atoms with van der Waals surface area (Å²) in [6.45, 7) is 7.12. The summed E-state index contributed by atoms with van der Waals surface area (Å²) < 4.78 is 5.33. The van der Waals surface area contributed by atoms with E-state index in [2.05, 4.69) is 5.32 Å². The van der Waals surface area contributed by atoms with Crippen LogP contribution in [0.3, 0.4) is 0 Å². The first-order chi connectivity index (χ1) is 6.84. The number of aliphatic carboxylic acids is 1. The molecular formula is C10H19NO4. The third-order valence-electron chi connectivity index (χ3n) is 2.14. The molecule has 5 heteroatoms. The molecule has 0 aromatic heterocycles. The fourth-order valence-corrected chi connectivity index (χ4v) is 0.861. The number of hydrogen-bond acceptors (Lipinski definition) is 3. The maximum Gasteiger partial charge on any atom is 0.328 e. The predicted molar refractivity (Wildman–Crippen MR) is 55.5 cm³/mol. The van der Waals surface area contributed by atoms with Crippen LogP contribution in [0.25, 0.3) is 0 Å². The van der Waals surface area contributed by atoms with E-state index in [0.29, 0.717) is 5.92 Å². The van der Waals surface area contributed by atoms with Gasteiger partial charge >= 0.3 is 5.97 Å². The van der Waals surface area contributed by atoms with E-state index in [0.717, 1.165) is 0 Å². The van der Waals surface area contributed by atoms with Crippen molar-refractivity contribution in [1.82, 2.24) is 5.32 Å². The SMILES string of the molecule is CC(=O)NC(COC(C)C(C)C)C(=O)O. The molecule has 0 heterocycles. The highest BCUT2D eigenvalue weighted by molar-refractivity contribution is 5.82. The van der Waals surface area contributed by atoms with E-state index in [1.165, 1.54) is 6.92 Å². The van der Waals surface area contributed by atoms with Gasteiger partial charge in [-0.25, -0.2) is 4.79 Å². The molecule has 0 aromatic carbocycles.